The highest BCUT2D eigenvalue weighted by atomic mass is 32.2. The minimum absolute atomic E-state index is 0.0273. The lowest BCUT2D eigenvalue weighted by molar-refractivity contribution is -0.153. The van der Waals surface area contributed by atoms with Crippen LogP contribution < -0.4 is 10.6 Å². The number of nitrogens with zero attached hydrogens (tertiary/aromatic N) is 3. The molecule has 0 atom stereocenters. The summed E-state index contributed by atoms with van der Waals surface area (Å²) in [4.78, 5) is 68.6. The zero-order valence-electron chi connectivity index (χ0n) is 20.9. The number of carbonyl (C=O) groups excluding carboxylic acids is 5. The first-order valence-electron chi connectivity index (χ1n) is 12.6. The second-order valence-corrected chi connectivity index (χ2v) is 11.9. The second-order valence-electron chi connectivity index (χ2n) is 10.6. The molecule has 2 saturated carbocycles. The van der Waals surface area contributed by atoms with Crippen molar-refractivity contribution in [3.8, 4) is 0 Å². The first-order chi connectivity index (χ1) is 17.2. The van der Waals surface area contributed by atoms with Crippen LogP contribution in [0.15, 0.2) is 10.6 Å². The fourth-order valence-electron chi connectivity index (χ4n) is 6.61. The fourth-order valence-corrected chi connectivity index (χ4v) is 7.37. The summed E-state index contributed by atoms with van der Waals surface area (Å²) in [5, 5.41) is 5.70. The second kappa shape index (κ2) is 9.05. The Labute approximate surface area is 214 Å². The molecule has 0 aromatic carbocycles. The molecule has 5 rings (SSSR count). The average molecular weight is 520 g/mol. The number of amides is 7. The summed E-state index contributed by atoms with van der Waals surface area (Å²) in [7, 11) is 3.20. The van der Waals surface area contributed by atoms with Gasteiger partial charge in [-0.25, -0.2) is 9.59 Å². The number of nitrogens with one attached hydrogen (secondary N) is 2. The highest BCUT2D eigenvalue weighted by Gasteiger charge is 2.68. The number of likely N-dealkylation sites (N-methyl/N-ethyl adjacent to an activating group) is 1. The van der Waals surface area contributed by atoms with E-state index in [1.165, 1.54) is 21.6 Å². The first-order valence-corrected chi connectivity index (χ1v) is 13.6. The Balaban J connectivity index is 1.28. The summed E-state index contributed by atoms with van der Waals surface area (Å²) in [6.07, 6.45) is 3.91. The van der Waals surface area contributed by atoms with E-state index in [1.54, 1.807) is 19.0 Å². The van der Waals surface area contributed by atoms with Gasteiger partial charge in [0.15, 0.2) is 0 Å². The molecule has 0 unspecified atom stereocenters. The quantitative estimate of drug-likeness (QED) is 0.305. The van der Waals surface area contributed by atoms with Crippen molar-refractivity contribution >= 4 is 41.5 Å². The molecule has 2 aliphatic carbocycles. The number of ether oxygens (including phenoxy) is 1. The Kier molecular flexibility index (Phi) is 6.30. The topological polar surface area (TPSA) is 128 Å². The molecule has 12 heteroatoms. The number of hydrogen-bond acceptors (Lipinski definition) is 8. The fraction of sp³-hybridized carbons (Fsp3) is 0.708. The van der Waals surface area contributed by atoms with Crippen LogP contribution in [-0.4, -0.2) is 95.7 Å². The minimum atomic E-state index is -0.784. The molecule has 196 valence electrons. The molecule has 0 radical (unpaired) electrons. The van der Waals surface area contributed by atoms with Crippen LogP contribution in [0.25, 0.3) is 0 Å². The maximum atomic E-state index is 13.3. The molecule has 5 aliphatic rings. The van der Waals surface area contributed by atoms with Gasteiger partial charge < -0.3 is 15.0 Å². The highest BCUT2D eigenvalue weighted by Crippen LogP contribution is 2.61. The highest BCUT2D eigenvalue weighted by molar-refractivity contribution is 8.03. The van der Waals surface area contributed by atoms with Crippen LogP contribution in [0.2, 0.25) is 0 Å². The van der Waals surface area contributed by atoms with Gasteiger partial charge in [0.1, 0.15) is 11.1 Å². The lowest BCUT2D eigenvalue weighted by Gasteiger charge is -2.59. The summed E-state index contributed by atoms with van der Waals surface area (Å²) in [6, 6.07) is -1.23. The van der Waals surface area contributed by atoms with Gasteiger partial charge in [-0.1, -0.05) is 6.92 Å². The SMILES string of the molecule is CCSC(NC)=C1C(=O)NC(=O)N(C2CCC3(CC2)CC2(C3)C(=O)N(C)C(=O)N2CC2COC2)C1=O. The van der Waals surface area contributed by atoms with Crippen molar-refractivity contribution in [2.75, 3.05) is 39.6 Å². The van der Waals surface area contributed by atoms with Crippen molar-refractivity contribution in [3.63, 3.8) is 0 Å². The summed E-state index contributed by atoms with van der Waals surface area (Å²) in [6.45, 7) is 3.68. The van der Waals surface area contributed by atoms with E-state index < -0.39 is 23.4 Å². The molecule has 3 aliphatic heterocycles. The lowest BCUT2D eigenvalue weighted by atomic mass is 9.51. The van der Waals surface area contributed by atoms with E-state index in [0.717, 1.165) is 12.8 Å². The van der Waals surface area contributed by atoms with E-state index in [4.69, 9.17) is 4.74 Å². The molecule has 0 aromatic rings. The molecule has 2 N–H and O–H groups in total. The van der Waals surface area contributed by atoms with Gasteiger partial charge in [-0.3, -0.25) is 29.5 Å². The first kappa shape index (κ1) is 25.1. The zero-order valence-corrected chi connectivity index (χ0v) is 21.7. The van der Waals surface area contributed by atoms with E-state index in [1.807, 2.05) is 6.92 Å². The molecule has 0 aromatic heterocycles. The third-order valence-corrected chi connectivity index (χ3v) is 9.43. The van der Waals surface area contributed by atoms with Gasteiger partial charge in [-0.15, -0.1) is 11.8 Å². The van der Waals surface area contributed by atoms with Gasteiger partial charge >= 0.3 is 12.1 Å². The van der Waals surface area contributed by atoms with Crippen molar-refractivity contribution in [1.29, 1.82) is 0 Å². The summed E-state index contributed by atoms with van der Waals surface area (Å²) in [5.41, 5.74) is -0.904. The number of rotatable bonds is 6. The van der Waals surface area contributed by atoms with Crippen LogP contribution in [-0.2, 0) is 19.1 Å². The summed E-state index contributed by atoms with van der Waals surface area (Å²) >= 11 is 1.35. The van der Waals surface area contributed by atoms with Crippen molar-refractivity contribution in [1.82, 2.24) is 25.3 Å². The maximum absolute atomic E-state index is 13.3. The third kappa shape index (κ3) is 3.71. The van der Waals surface area contributed by atoms with E-state index in [2.05, 4.69) is 10.6 Å². The smallest absolute Gasteiger partial charge is 0.331 e. The van der Waals surface area contributed by atoms with Crippen molar-refractivity contribution < 1.29 is 28.7 Å². The number of hydrogen-bond donors (Lipinski definition) is 2. The van der Waals surface area contributed by atoms with Crippen LogP contribution in [0.5, 0.6) is 0 Å². The van der Waals surface area contributed by atoms with Crippen LogP contribution in [0, 0.1) is 11.3 Å². The Morgan fingerprint density at radius 2 is 1.81 bits per heavy atom. The molecule has 7 amide bonds. The standard InChI is InChI=1S/C24H33N5O6S/c1-4-36-18(25-2)16-17(30)26-21(33)29(19(16)31)15-5-7-23(8-6-15)12-24(13-23)20(32)27(3)22(34)28(24)9-14-10-35-11-14/h14-15,25H,4-13H2,1-3H3,(H,26,30,33). The molecule has 36 heavy (non-hydrogen) atoms. The van der Waals surface area contributed by atoms with E-state index in [-0.39, 0.29) is 34.9 Å². The molecule has 5 fully saturated rings. The Hall–Kier alpha value is -2.60. The van der Waals surface area contributed by atoms with Gasteiger partial charge in [-0.05, 0) is 49.7 Å². The lowest BCUT2D eigenvalue weighted by Crippen LogP contribution is -2.66. The van der Waals surface area contributed by atoms with Gasteiger partial charge in [0.2, 0.25) is 0 Å². The number of urea groups is 2. The Morgan fingerprint density at radius 1 is 1.14 bits per heavy atom. The van der Waals surface area contributed by atoms with Crippen molar-refractivity contribution in [3.05, 3.63) is 10.6 Å². The van der Waals surface area contributed by atoms with Crippen LogP contribution >= 0.6 is 11.8 Å². The van der Waals surface area contributed by atoms with Crippen LogP contribution in [0.4, 0.5) is 9.59 Å². The van der Waals surface area contributed by atoms with Gasteiger partial charge in [0, 0.05) is 32.6 Å². The summed E-state index contributed by atoms with van der Waals surface area (Å²) < 4.78 is 5.27. The minimum Gasteiger partial charge on any atom is -0.382 e. The number of imide groups is 3. The molecular weight excluding hydrogens is 486 g/mol. The molecule has 3 heterocycles. The van der Waals surface area contributed by atoms with Gasteiger partial charge in [0.25, 0.3) is 17.7 Å². The monoisotopic (exact) mass is 519 g/mol. The van der Waals surface area contributed by atoms with E-state index >= 15 is 0 Å². The largest absolute Gasteiger partial charge is 0.382 e. The zero-order chi connectivity index (χ0) is 25.8. The Morgan fingerprint density at radius 3 is 2.36 bits per heavy atom. The van der Waals surface area contributed by atoms with Crippen LogP contribution in [0.1, 0.15) is 45.4 Å². The maximum Gasteiger partial charge on any atom is 0.331 e. The third-order valence-electron chi connectivity index (χ3n) is 8.44. The number of barbiturate groups is 1. The average Bonchev–Trinajstić information content (AvgIpc) is 2.97. The molecule has 11 nitrogen and oxygen atoms in total. The van der Waals surface area contributed by atoms with Gasteiger partial charge in [0.05, 0.1) is 18.2 Å². The molecule has 0 bridgehead atoms. The molecule has 3 saturated heterocycles. The predicted octanol–water partition coefficient (Wildman–Crippen LogP) is 1.25. The summed E-state index contributed by atoms with van der Waals surface area (Å²) in [5.74, 6) is -0.438. The normalized spacial score (nSPS) is 34.4. The van der Waals surface area contributed by atoms with Crippen LogP contribution in [0.3, 0.4) is 0 Å². The number of thioether (sulfide) groups is 1. The van der Waals surface area contributed by atoms with Crippen molar-refractivity contribution in [2.24, 2.45) is 11.3 Å². The van der Waals surface area contributed by atoms with Gasteiger partial charge in [-0.2, -0.15) is 0 Å². The van der Waals surface area contributed by atoms with Crippen molar-refractivity contribution in [2.45, 2.75) is 57.0 Å². The van der Waals surface area contributed by atoms with E-state index in [0.29, 0.717) is 56.2 Å². The Bertz CT molecular complexity index is 1040. The molecular formula is C24H33N5O6S. The van der Waals surface area contributed by atoms with E-state index in [9.17, 15) is 24.0 Å². The number of carbonyl (C=O) groups is 5. The predicted molar refractivity (Wildman–Crippen MR) is 130 cm³/mol. The molecule has 2 spiro atoms.